The lowest BCUT2D eigenvalue weighted by atomic mass is 10.1. The highest BCUT2D eigenvalue weighted by atomic mass is 16.5. The second-order valence-electron chi connectivity index (χ2n) is 8.86. The zero-order chi connectivity index (χ0) is 27.2. The Morgan fingerprint density at radius 2 is 1.08 bits per heavy atom. The molecule has 0 aromatic carbocycles. The van der Waals surface area contributed by atoms with Crippen LogP contribution in [0.3, 0.4) is 0 Å². The normalized spacial score (nSPS) is 10.9. The van der Waals surface area contributed by atoms with E-state index in [2.05, 4.69) is 29.8 Å². The van der Waals surface area contributed by atoms with Gasteiger partial charge in [0.1, 0.15) is 0 Å². The minimum absolute atomic E-state index is 0.0615. The molecular weight excluding hydrogens is 474 g/mol. The molecule has 0 aromatic rings. The number of hydrogen-bond donors (Lipinski definition) is 3. The second-order valence-corrected chi connectivity index (χ2v) is 8.86. The van der Waals surface area contributed by atoms with Gasteiger partial charge in [0.25, 0.3) is 0 Å². The molecule has 0 aromatic heterocycles. The standard InChI is InChI=1S/C28H52N3O6/c1-3-5-8-14-26(32)29-17-11-6-9-15-27(33)30-18-12-7-10-16-28(34)31-19-13-21-36-23-25-37-24-22-35-20-4-2/h16H,1-15,17-25H2,(H,29,32)(H,30,33)(H,31,34). The molecule has 0 rings (SSSR count). The summed E-state index contributed by atoms with van der Waals surface area (Å²) in [6, 6.07) is 0. The largest absolute Gasteiger partial charge is 0.379 e. The Hall–Kier alpha value is -1.71. The van der Waals surface area contributed by atoms with Gasteiger partial charge in [-0.05, 0) is 44.9 Å². The van der Waals surface area contributed by atoms with Crippen molar-refractivity contribution in [2.75, 3.05) is 59.3 Å². The van der Waals surface area contributed by atoms with Gasteiger partial charge in [-0.15, -0.1) is 0 Å². The number of ether oxygens (including phenoxy) is 3. The van der Waals surface area contributed by atoms with Crippen LogP contribution in [-0.2, 0) is 28.6 Å². The molecular formula is C28H52N3O6. The number of hydrogen-bond acceptors (Lipinski definition) is 6. The Bertz CT molecular complexity index is 548. The van der Waals surface area contributed by atoms with Crippen LogP contribution in [0.25, 0.3) is 0 Å². The second kappa shape index (κ2) is 28.9. The fourth-order valence-corrected chi connectivity index (χ4v) is 3.29. The van der Waals surface area contributed by atoms with Crippen molar-refractivity contribution in [1.29, 1.82) is 0 Å². The van der Waals surface area contributed by atoms with E-state index in [0.29, 0.717) is 78.5 Å². The van der Waals surface area contributed by atoms with Gasteiger partial charge in [-0.25, -0.2) is 0 Å². The first-order chi connectivity index (χ1) is 18.1. The molecule has 37 heavy (non-hydrogen) atoms. The maximum Gasteiger partial charge on any atom is 0.223 e. The molecule has 9 nitrogen and oxygen atoms in total. The van der Waals surface area contributed by atoms with E-state index in [4.69, 9.17) is 14.2 Å². The van der Waals surface area contributed by atoms with Crippen molar-refractivity contribution in [2.45, 2.75) is 83.5 Å². The van der Waals surface area contributed by atoms with Crippen molar-refractivity contribution in [1.82, 2.24) is 16.0 Å². The summed E-state index contributed by atoms with van der Waals surface area (Å²) in [7, 11) is 0. The van der Waals surface area contributed by atoms with E-state index in [-0.39, 0.29) is 17.7 Å². The Labute approximate surface area is 225 Å². The molecule has 3 amide bonds. The molecule has 0 unspecified atom stereocenters. The number of nitrogens with one attached hydrogen (secondary N) is 3. The summed E-state index contributed by atoms with van der Waals surface area (Å²) >= 11 is 0. The molecule has 0 heterocycles. The van der Waals surface area contributed by atoms with Crippen LogP contribution >= 0.6 is 0 Å². The highest BCUT2D eigenvalue weighted by Crippen LogP contribution is 2.02. The molecule has 0 saturated carbocycles. The highest BCUT2D eigenvalue weighted by molar-refractivity contribution is 5.84. The third-order valence-electron chi connectivity index (χ3n) is 5.39. The van der Waals surface area contributed by atoms with E-state index < -0.39 is 0 Å². The van der Waals surface area contributed by atoms with E-state index in [0.717, 1.165) is 64.2 Å². The molecule has 0 spiro atoms. The Kier molecular flexibility index (Phi) is 27.5. The van der Waals surface area contributed by atoms with E-state index in [9.17, 15) is 14.4 Å². The maximum atomic E-state index is 11.9. The third kappa shape index (κ3) is 28.7. The van der Waals surface area contributed by atoms with E-state index in [1.54, 1.807) is 6.42 Å². The number of amides is 3. The topological polar surface area (TPSA) is 115 Å². The monoisotopic (exact) mass is 526 g/mol. The van der Waals surface area contributed by atoms with Gasteiger partial charge in [-0.3, -0.25) is 14.4 Å². The van der Waals surface area contributed by atoms with Crippen LogP contribution < -0.4 is 16.0 Å². The smallest absolute Gasteiger partial charge is 0.223 e. The molecule has 0 aliphatic carbocycles. The summed E-state index contributed by atoms with van der Waals surface area (Å²) in [4.78, 5) is 35.3. The SMILES string of the molecule is [CH2]CCCCC(=O)NCCCCCC(=O)NCCCC[CH]C(=O)NCCCOCCOCCOCC[CH2]. The summed E-state index contributed by atoms with van der Waals surface area (Å²) in [6.07, 6.45) is 12.0. The molecule has 0 aliphatic rings. The average Bonchev–Trinajstić information content (AvgIpc) is 2.89. The predicted octanol–water partition coefficient (Wildman–Crippen LogP) is 3.33. The van der Waals surface area contributed by atoms with Crippen LogP contribution in [0.4, 0.5) is 0 Å². The van der Waals surface area contributed by atoms with Crippen LogP contribution in [0.15, 0.2) is 0 Å². The van der Waals surface area contributed by atoms with Crippen molar-refractivity contribution in [3.05, 3.63) is 20.3 Å². The van der Waals surface area contributed by atoms with Crippen LogP contribution in [0, 0.1) is 20.3 Å². The molecule has 0 aliphatic heterocycles. The van der Waals surface area contributed by atoms with E-state index in [1.165, 1.54) is 0 Å². The van der Waals surface area contributed by atoms with Crippen molar-refractivity contribution >= 4 is 17.7 Å². The molecule has 3 N–H and O–H groups in total. The molecule has 9 heteroatoms. The first-order valence-corrected chi connectivity index (χ1v) is 14.1. The Balaban J connectivity index is 3.33. The Morgan fingerprint density at radius 1 is 0.541 bits per heavy atom. The van der Waals surface area contributed by atoms with Crippen molar-refractivity contribution in [3.8, 4) is 0 Å². The van der Waals surface area contributed by atoms with Gasteiger partial charge in [0.05, 0.1) is 26.4 Å². The number of carbonyl (C=O) groups excluding carboxylic acids is 3. The minimum atomic E-state index is -0.0657. The summed E-state index contributed by atoms with van der Waals surface area (Å²) in [6.45, 7) is 12.8. The first-order valence-electron chi connectivity index (χ1n) is 14.1. The average molecular weight is 527 g/mol. The summed E-state index contributed by atoms with van der Waals surface area (Å²) in [5.74, 6) is 0.0990. The zero-order valence-electron chi connectivity index (χ0n) is 23.0. The summed E-state index contributed by atoms with van der Waals surface area (Å²) in [5, 5.41) is 8.70. The van der Waals surface area contributed by atoms with Gasteiger partial charge in [0.2, 0.25) is 17.7 Å². The van der Waals surface area contributed by atoms with Crippen LogP contribution in [0.5, 0.6) is 0 Å². The lowest BCUT2D eigenvalue weighted by molar-refractivity contribution is -0.122. The third-order valence-corrected chi connectivity index (χ3v) is 5.39. The van der Waals surface area contributed by atoms with Gasteiger partial charge in [-0.2, -0.15) is 0 Å². The molecule has 0 saturated heterocycles. The van der Waals surface area contributed by atoms with Gasteiger partial charge < -0.3 is 30.2 Å². The van der Waals surface area contributed by atoms with Crippen molar-refractivity contribution in [2.24, 2.45) is 0 Å². The highest BCUT2D eigenvalue weighted by Gasteiger charge is 2.04. The zero-order valence-corrected chi connectivity index (χ0v) is 23.0. The molecule has 0 bridgehead atoms. The molecule has 0 fully saturated rings. The minimum Gasteiger partial charge on any atom is -0.379 e. The lowest BCUT2D eigenvalue weighted by Gasteiger charge is -2.08. The quantitative estimate of drug-likeness (QED) is 0.135. The fraction of sp³-hybridized carbons (Fsp3) is 0.786. The summed E-state index contributed by atoms with van der Waals surface area (Å²) < 4.78 is 16.1. The first kappa shape index (κ1) is 35.3. The van der Waals surface area contributed by atoms with E-state index >= 15 is 0 Å². The van der Waals surface area contributed by atoms with Crippen LogP contribution in [0.1, 0.15) is 83.5 Å². The maximum absolute atomic E-state index is 11.9. The predicted molar refractivity (Wildman–Crippen MR) is 147 cm³/mol. The fourth-order valence-electron chi connectivity index (χ4n) is 3.29. The van der Waals surface area contributed by atoms with Gasteiger partial charge in [0.15, 0.2) is 0 Å². The van der Waals surface area contributed by atoms with Crippen LogP contribution in [-0.4, -0.2) is 77.0 Å². The molecule has 215 valence electrons. The number of unbranched alkanes of at least 4 members (excludes halogenated alkanes) is 6. The van der Waals surface area contributed by atoms with Crippen molar-refractivity contribution < 1.29 is 28.6 Å². The molecule has 0 atom stereocenters. The molecule has 3 radical (unpaired) electrons. The Morgan fingerprint density at radius 3 is 1.70 bits per heavy atom. The summed E-state index contributed by atoms with van der Waals surface area (Å²) in [5.41, 5.74) is 0. The lowest BCUT2D eigenvalue weighted by Crippen LogP contribution is -2.26. The van der Waals surface area contributed by atoms with Crippen molar-refractivity contribution in [3.63, 3.8) is 0 Å². The number of rotatable bonds is 28. The van der Waals surface area contributed by atoms with Crippen LogP contribution in [0.2, 0.25) is 0 Å². The van der Waals surface area contributed by atoms with Gasteiger partial charge >= 0.3 is 0 Å². The van der Waals surface area contributed by atoms with Gasteiger partial charge in [0, 0.05) is 52.1 Å². The van der Waals surface area contributed by atoms with E-state index in [1.807, 2.05) is 0 Å². The van der Waals surface area contributed by atoms with Gasteiger partial charge in [-0.1, -0.05) is 39.5 Å². The number of carbonyl (C=O) groups is 3.